The highest BCUT2D eigenvalue weighted by Gasteiger charge is 2.30. The van der Waals surface area contributed by atoms with Crippen molar-refractivity contribution in [3.8, 4) is 5.69 Å². The van der Waals surface area contributed by atoms with E-state index in [1.54, 1.807) is 0 Å². The molecule has 2 aromatic rings. The van der Waals surface area contributed by atoms with Gasteiger partial charge < -0.3 is 5.11 Å². The lowest BCUT2D eigenvalue weighted by molar-refractivity contribution is -0.385. The van der Waals surface area contributed by atoms with E-state index in [0.717, 1.165) is 4.68 Å². The zero-order valence-corrected chi connectivity index (χ0v) is 10.6. The molecule has 21 heavy (non-hydrogen) atoms. The molecule has 1 heterocycles. The van der Waals surface area contributed by atoms with Gasteiger partial charge in [0.2, 0.25) is 5.69 Å². The van der Waals surface area contributed by atoms with Crippen LogP contribution >= 0.6 is 0 Å². The normalized spacial score (nSPS) is 10.3. The number of carboxylic acid groups (broad SMARTS) is 1. The number of nitro groups is 2. The second kappa shape index (κ2) is 5.00. The van der Waals surface area contributed by atoms with Gasteiger partial charge in [-0.3, -0.25) is 20.2 Å². The summed E-state index contributed by atoms with van der Waals surface area (Å²) in [5.74, 6) is -1.52. The molecule has 0 unspecified atom stereocenters. The van der Waals surface area contributed by atoms with E-state index >= 15 is 0 Å². The molecule has 2 rings (SSSR count). The third kappa shape index (κ3) is 2.41. The Kier molecular flexibility index (Phi) is 3.36. The first kappa shape index (κ1) is 14.1. The van der Waals surface area contributed by atoms with E-state index in [4.69, 9.17) is 5.11 Å². The fourth-order valence-electron chi connectivity index (χ4n) is 1.82. The van der Waals surface area contributed by atoms with Gasteiger partial charge in [0.1, 0.15) is 5.69 Å². The Balaban J connectivity index is 2.59. The molecule has 1 aromatic heterocycles. The van der Waals surface area contributed by atoms with Crippen molar-refractivity contribution in [2.45, 2.75) is 6.92 Å². The van der Waals surface area contributed by atoms with Crippen LogP contribution in [0.15, 0.2) is 24.3 Å². The summed E-state index contributed by atoms with van der Waals surface area (Å²) in [6.07, 6.45) is 0. The Morgan fingerprint density at radius 3 is 2.14 bits per heavy atom. The number of nitro benzene ring substituents is 1. The van der Waals surface area contributed by atoms with Gasteiger partial charge in [0, 0.05) is 12.1 Å². The molecule has 0 bridgehead atoms. The average molecular weight is 292 g/mol. The number of hydrogen-bond donors (Lipinski definition) is 1. The zero-order valence-electron chi connectivity index (χ0n) is 10.6. The van der Waals surface area contributed by atoms with E-state index in [9.17, 15) is 25.0 Å². The van der Waals surface area contributed by atoms with Crippen molar-refractivity contribution >= 4 is 17.3 Å². The molecule has 0 saturated heterocycles. The Morgan fingerprint density at radius 1 is 1.19 bits per heavy atom. The maximum Gasteiger partial charge on any atom is 0.363 e. The molecule has 0 atom stereocenters. The van der Waals surface area contributed by atoms with Crippen molar-refractivity contribution in [1.82, 2.24) is 9.78 Å². The van der Waals surface area contributed by atoms with E-state index < -0.39 is 27.2 Å². The summed E-state index contributed by atoms with van der Waals surface area (Å²) in [4.78, 5) is 31.1. The van der Waals surface area contributed by atoms with Crippen LogP contribution in [0.3, 0.4) is 0 Å². The summed E-state index contributed by atoms with van der Waals surface area (Å²) < 4.78 is 1.06. The lowest BCUT2D eigenvalue weighted by Crippen LogP contribution is -2.03. The quantitative estimate of drug-likeness (QED) is 0.667. The van der Waals surface area contributed by atoms with Gasteiger partial charge in [-0.05, 0) is 19.1 Å². The molecule has 0 saturated carbocycles. The monoisotopic (exact) mass is 292 g/mol. The minimum Gasteiger partial charge on any atom is -0.476 e. The van der Waals surface area contributed by atoms with Crippen LogP contribution in [0.4, 0.5) is 11.4 Å². The van der Waals surface area contributed by atoms with Gasteiger partial charge in [-0.2, -0.15) is 5.10 Å². The third-order valence-corrected chi connectivity index (χ3v) is 2.77. The summed E-state index contributed by atoms with van der Waals surface area (Å²) in [6.45, 7) is 1.35. The van der Waals surface area contributed by atoms with Gasteiger partial charge in [0.05, 0.1) is 15.5 Å². The van der Waals surface area contributed by atoms with Crippen LogP contribution in [0.2, 0.25) is 0 Å². The van der Waals surface area contributed by atoms with Crippen molar-refractivity contribution in [2.24, 2.45) is 0 Å². The molecule has 0 amide bonds. The summed E-state index contributed by atoms with van der Waals surface area (Å²) in [7, 11) is 0. The number of aromatic carboxylic acids is 1. The predicted molar refractivity (Wildman–Crippen MR) is 68.6 cm³/mol. The van der Waals surface area contributed by atoms with Crippen LogP contribution in [-0.2, 0) is 0 Å². The van der Waals surface area contributed by atoms with Crippen molar-refractivity contribution < 1.29 is 19.7 Å². The number of carboxylic acids is 1. The molecule has 1 N–H and O–H groups in total. The average Bonchev–Trinajstić information content (AvgIpc) is 2.76. The largest absolute Gasteiger partial charge is 0.476 e. The van der Waals surface area contributed by atoms with Crippen LogP contribution in [0.1, 0.15) is 16.2 Å². The first-order chi connectivity index (χ1) is 9.82. The van der Waals surface area contributed by atoms with Gasteiger partial charge in [-0.1, -0.05) is 0 Å². The van der Waals surface area contributed by atoms with Crippen LogP contribution in [0, 0.1) is 27.2 Å². The number of carbonyl (C=O) groups is 1. The van der Waals surface area contributed by atoms with Gasteiger partial charge in [-0.15, -0.1) is 0 Å². The number of hydrogen-bond acceptors (Lipinski definition) is 6. The topological polar surface area (TPSA) is 141 Å². The molecule has 108 valence electrons. The molecule has 1 aromatic carbocycles. The molecule has 10 heteroatoms. The Hall–Kier alpha value is -3.30. The Labute approximate surface area is 116 Å². The van der Waals surface area contributed by atoms with Gasteiger partial charge in [0.25, 0.3) is 5.69 Å². The molecular formula is C11H8N4O6. The third-order valence-electron chi connectivity index (χ3n) is 2.77. The number of non-ortho nitro benzene ring substituents is 1. The van der Waals surface area contributed by atoms with Gasteiger partial charge in [0.15, 0.2) is 0 Å². The first-order valence-corrected chi connectivity index (χ1v) is 5.55. The lowest BCUT2D eigenvalue weighted by Gasteiger charge is -2.02. The Morgan fingerprint density at radius 2 is 1.76 bits per heavy atom. The Bertz CT molecular complexity index is 749. The van der Waals surface area contributed by atoms with E-state index in [1.165, 1.54) is 31.2 Å². The highest BCUT2D eigenvalue weighted by Crippen LogP contribution is 2.26. The first-order valence-electron chi connectivity index (χ1n) is 5.55. The number of benzene rings is 1. The van der Waals surface area contributed by atoms with E-state index in [0.29, 0.717) is 0 Å². The molecule has 0 radical (unpaired) electrons. The molecule has 0 aliphatic carbocycles. The van der Waals surface area contributed by atoms with Gasteiger partial charge >= 0.3 is 11.7 Å². The SMILES string of the molecule is Cc1c([N+](=O)[O-])c(C(=O)O)nn1-c1ccc([N+](=O)[O-])cc1. The van der Waals surface area contributed by atoms with Crippen LogP contribution < -0.4 is 0 Å². The summed E-state index contributed by atoms with van der Waals surface area (Å²) in [5.41, 5.74) is -1.15. The van der Waals surface area contributed by atoms with Crippen molar-refractivity contribution in [2.75, 3.05) is 0 Å². The van der Waals surface area contributed by atoms with Crippen molar-refractivity contribution in [3.05, 3.63) is 55.9 Å². The fourth-order valence-corrected chi connectivity index (χ4v) is 1.82. The fraction of sp³-hybridized carbons (Fsp3) is 0.0909. The van der Waals surface area contributed by atoms with Crippen LogP contribution in [-0.4, -0.2) is 30.7 Å². The van der Waals surface area contributed by atoms with E-state index in [1.807, 2.05) is 0 Å². The molecule has 10 nitrogen and oxygen atoms in total. The zero-order chi connectivity index (χ0) is 15.7. The number of rotatable bonds is 4. The maximum absolute atomic E-state index is 11.0. The highest BCUT2D eigenvalue weighted by atomic mass is 16.6. The predicted octanol–water partition coefficient (Wildman–Crippen LogP) is 1.70. The molecular weight excluding hydrogens is 284 g/mol. The van der Waals surface area contributed by atoms with Gasteiger partial charge in [-0.25, -0.2) is 9.48 Å². The second-order valence-corrected chi connectivity index (χ2v) is 4.03. The maximum atomic E-state index is 11.0. The van der Waals surface area contributed by atoms with Crippen molar-refractivity contribution in [1.29, 1.82) is 0 Å². The molecule has 0 spiro atoms. The van der Waals surface area contributed by atoms with E-state index in [-0.39, 0.29) is 17.1 Å². The smallest absolute Gasteiger partial charge is 0.363 e. The number of aromatic nitrogens is 2. The lowest BCUT2D eigenvalue weighted by atomic mass is 10.2. The van der Waals surface area contributed by atoms with Crippen molar-refractivity contribution in [3.63, 3.8) is 0 Å². The van der Waals surface area contributed by atoms with Crippen LogP contribution in [0.5, 0.6) is 0 Å². The minimum atomic E-state index is -1.52. The molecule has 0 aliphatic rings. The molecule has 0 aliphatic heterocycles. The number of nitrogens with zero attached hydrogens (tertiary/aromatic N) is 4. The minimum absolute atomic E-state index is 0.0197. The standard InChI is InChI=1S/C11H8N4O6/c1-6-10(15(20)21)9(11(16)17)12-13(6)7-2-4-8(5-3-7)14(18)19/h2-5H,1H3,(H,16,17). The summed E-state index contributed by atoms with van der Waals surface area (Å²) in [6, 6.07) is 5.05. The summed E-state index contributed by atoms with van der Waals surface area (Å²) >= 11 is 0. The molecule has 0 fully saturated rings. The highest BCUT2D eigenvalue weighted by molar-refractivity contribution is 5.90. The second-order valence-electron chi connectivity index (χ2n) is 4.03. The van der Waals surface area contributed by atoms with E-state index in [2.05, 4.69) is 5.10 Å². The van der Waals surface area contributed by atoms with Crippen LogP contribution in [0.25, 0.3) is 5.69 Å². The summed E-state index contributed by atoms with van der Waals surface area (Å²) in [5, 5.41) is 34.1.